The molecule has 3 aliphatic rings. The highest BCUT2D eigenvalue weighted by atomic mass is 16.5. The minimum Gasteiger partial charge on any atom is -0.365 e. The molecule has 0 unspecified atom stereocenters. The number of nitrogens with zero attached hydrogens (tertiary/aromatic N) is 5. The SMILES string of the molecule is CC1(C)CN(C(=O)Cn2cnc(C#N)n2)C[C@]2(C[C@@H]3CC[C@H]2C3)O1. The van der Waals surface area contributed by atoms with Crippen LogP contribution in [0, 0.1) is 23.2 Å². The summed E-state index contributed by atoms with van der Waals surface area (Å²) >= 11 is 0. The van der Waals surface area contributed by atoms with Gasteiger partial charge in [-0.2, -0.15) is 5.26 Å². The fourth-order valence-electron chi connectivity index (χ4n) is 5.00. The maximum absolute atomic E-state index is 12.8. The van der Waals surface area contributed by atoms with E-state index in [0.29, 0.717) is 19.0 Å². The van der Waals surface area contributed by atoms with Crippen molar-refractivity contribution in [1.29, 1.82) is 5.26 Å². The van der Waals surface area contributed by atoms with Crippen molar-refractivity contribution in [2.75, 3.05) is 13.1 Å². The number of amides is 1. The molecule has 24 heavy (non-hydrogen) atoms. The largest absolute Gasteiger partial charge is 0.365 e. The number of aromatic nitrogens is 3. The number of morpholine rings is 1. The molecule has 0 aromatic carbocycles. The molecule has 7 heteroatoms. The van der Waals surface area contributed by atoms with Gasteiger partial charge in [-0.25, -0.2) is 9.67 Å². The molecule has 1 spiro atoms. The van der Waals surface area contributed by atoms with Crippen LogP contribution in [0.5, 0.6) is 0 Å². The molecule has 1 saturated heterocycles. The van der Waals surface area contributed by atoms with Crippen molar-refractivity contribution in [3.05, 3.63) is 12.2 Å². The molecule has 3 atom stereocenters. The summed E-state index contributed by atoms with van der Waals surface area (Å²) in [7, 11) is 0. The zero-order valence-electron chi connectivity index (χ0n) is 14.2. The predicted octanol–water partition coefficient (Wildman–Crippen LogP) is 1.35. The lowest BCUT2D eigenvalue weighted by atomic mass is 9.81. The third-order valence-electron chi connectivity index (χ3n) is 5.72. The van der Waals surface area contributed by atoms with Crippen LogP contribution in [0.25, 0.3) is 0 Å². The third-order valence-corrected chi connectivity index (χ3v) is 5.72. The summed E-state index contributed by atoms with van der Waals surface area (Å²) < 4.78 is 7.98. The number of carbonyl (C=O) groups is 1. The monoisotopic (exact) mass is 329 g/mol. The fourth-order valence-corrected chi connectivity index (χ4v) is 5.00. The number of fused-ring (bicyclic) bond motifs is 3. The Morgan fingerprint density at radius 1 is 1.46 bits per heavy atom. The van der Waals surface area contributed by atoms with E-state index < -0.39 is 0 Å². The Morgan fingerprint density at radius 3 is 2.92 bits per heavy atom. The molecule has 2 heterocycles. The molecule has 7 nitrogen and oxygen atoms in total. The van der Waals surface area contributed by atoms with Crippen molar-refractivity contribution in [1.82, 2.24) is 19.7 Å². The maximum atomic E-state index is 12.8. The van der Waals surface area contributed by atoms with Crippen molar-refractivity contribution < 1.29 is 9.53 Å². The van der Waals surface area contributed by atoms with Crippen molar-refractivity contribution in [3.8, 4) is 6.07 Å². The lowest BCUT2D eigenvalue weighted by molar-refractivity contribution is -0.218. The highest BCUT2D eigenvalue weighted by Crippen LogP contribution is 2.55. The molecule has 2 saturated carbocycles. The third kappa shape index (κ3) is 2.59. The second-order valence-electron chi connectivity index (χ2n) is 8.13. The van der Waals surface area contributed by atoms with Crippen molar-refractivity contribution in [2.45, 2.75) is 57.3 Å². The van der Waals surface area contributed by atoms with Crippen LogP contribution in [0.15, 0.2) is 6.33 Å². The van der Waals surface area contributed by atoms with E-state index in [-0.39, 0.29) is 29.5 Å². The van der Waals surface area contributed by atoms with Crippen LogP contribution in [-0.2, 0) is 16.1 Å². The van der Waals surface area contributed by atoms with Gasteiger partial charge >= 0.3 is 0 Å². The summed E-state index contributed by atoms with van der Waals surface area (Å²) in [6.07, 6.45) is 6.28. The number of carbonyl (C=O) groups excluding carboxylic acids is 1. The van der Waals surface area contributed by atoms with Crippen LogP contribution >= 0.6 is 0 Å². The van der Waals surface area contributed by atoms with Gasteiger partial charge in [0.1, 0.15) is 18.9 Å². The molecule has 4 rings (SSSR count). The first kappa shape index (κ1) is 15.6. The first-order valence-electron chi connectivity index (χ1n) is 8.67. The van der Waals surface area contributed by atoms with E-state index >= 15 is 0 Å². The molecule has 0 N–H and O–H groups in total. The lowest BCUT2D eigenvalue weighted by Gasteiger charge is -2.52. The van der Waals surface area contributed by atoms with Gasteiger partial charge in [0.2, 0.25) is 5.91 Å². The van der Waals surface area contributed by atoms with Gasteiger partial charge in [0.05, 0.1) is 17.7 Å². The van der Waals surface area contributed by atoms with Gasteiger partial charge < -0.3 is 9.64 Å². The number of nitriles is 1. The summed E-state index contributed by atoms with van der Waals surface area (Å²) in [5.74, 6) is 1.45. The lowest BCUT2D eigenvalue weighted by Crippen LogP contribution is -2.63. The first-order chi connectivity index (χ1) is 11.4. The van der Waals surface area contributed by atoms with Crippen LogP contribution in [0.2, 0.25) is 0 Å². The van der Waals surface area contributed by atoms with Crippen LogP contribution in [-0.4, -0.2) is 49.9 Å². The number of rotatable bonds is 2. The predicted molar refractivity (Wildman–Crippen MR) is 84.7 cm³/mol. The standard InChI is InChI=1S/C17H23N5O2/c1-16(2)9-21(15(23)8-22-11-19-14(7-18)20-22)10-17(24-16)6-12-3-4-13(17)5-12/h11-13H,3-6,8-10H2,1-2H3/t12-,13+,17+/m1/s1. The summed E-state index contributed by atoms with van der Waals surface area (Å²) in [4.78, 5) is 18.6. The molecule has 2 aliphatic carbocycles. The summed E-state index contributed by atoms with van der Waals surface area (Å²) in [6.45, 7) is 5.53. The number of hydrogen-bond acceptors (Lipinski definition) is 5. The molecule has 128 valence electrons. The van der Waals surface area contributed by atoms with Gasteiger partial charge in [-0.1, -0.05) is 0 Å². The zero-order chi connectivity index (χ0) is 16.9. The Morgan fingerprint density at radius 2 is 2.29 bits per heavy atom. The quantitative estimate of drug-likeness (QED) is 0.817. The van der Waals surface area contributed by atoms with Crippen molar-refractivity contribution in [2.24, 2.45) is 11.8 Å². The van der Waals surface area contributed by atoms with Crippen molar-refractivity contribution >= 4 is 5.91 Å². The van der Waals surface area contributed by atoms with E-state index in [9.17, 15) is 4.79 Å². The summed E-state index contributed by atoms with van der Waals surface area (Å²) in [5, 5.41) is 12.8. The van der Waals surface area contributed by atoms with Gasteiger partial charge in [-0.15, -0.1) is 5.10 Å². The minimum atomic E-state index is -0.335. The van der Waals surface area contributed by atoms with Crippen LogP contribution in [0.4, 0.5) is 0 Å². The second kappa shape index (κ2) is 5.28. The number of hydrogen-bond donors (Lipinski definition) is 0. The van der Waals surface area contributed by atoms with Crippen LogP contribution < -0.4 is 0 Å². The Bertz CT molecular complexity index is 706. The highest BCUT2D eigenvalue weighted by Gasteiger charge is 2.57. The van der Waals surface area contributed by atoms with Gasteiger partial charge in [0.25, 0.3) is 5.82 Å². The van der Waals surface area contributed by atoms with E-state index in [2.05, 4.69) is 23.9 Å². The topological polar surface area (TPSA) is 84.0 Å². The highest BCUT2D eigenvalue weighted by molar-refractivity contribution is 5.76. The Kier molecular flexibility index (Phi) is 3.43. The van der Waals surface area contributed by atoms with E-state index in [1.165, 1.54) is 30.3 Å². The molecule has 0 radical (unpaired) electrons. The summed E-state index contributed by atoms with van der Waals surface area (Å²) in [6, 6.07) is 1.88. The molecule has 2 bridgehead atoms. The van der Waals surface area contributed by atoms with Crippen LogP contribution in [0.3, 0.4) is 0 Å². The van der Waals surface area contributed by atoms with Gasteiger partial charge in [0.15, 0.2) is 0 Å². The summed E-state index contributed by atoms with van der Waals surface area (Å²) in [5.41, 5.74) is -0.501. The Labute approximate surface area is 141 Å². The molecule has 3 fully saturated rings. The second-order valence-corrected chi connectivity index (χ2v) is 8.13. The smallest absolute Gasteiger partial charge is 0.252 e. The van der Waals surface area contributed by atoms with E-state index in [1.807, 2.05) is 11.0 Å². The maximum Gasteiger partial charge on any atom is 0.252 e. The fraction of sp³-hybridized carbons (Fsp3) is 0.765. The minimum absolute atomic E-state index is 0.0166. The molecular weight excluding hydrogens is 306 g/mol. The van der Waals surface area contributed by atoms with Gasteiger partial charge in [-0.3, -0.25) is 4.79 Å². The Hall–Kier alpha value is -1.94. The molecule has 1 aromatic rings. The normalized spacial score (nSPS) is 33.8. The van der Waals surface area contributed by atoms with E-state index in [4.69, 9.17) is 10.00 Å². The number of ether oxygens (including phenoxy) is 1. The van der Waals surface area contributed by atoms with Crippen molar-refractivity contribution in [3.63, 3.8) is 0 Å². The molecule has 1 aromatic heterocycles. The van der Waals surface area contributed by atoms with Gasteiger partial charge in [0, 0.05) is 6.54 Å². The van der Waals surface area contributed by atoms with Crippen LogP contribution in [0.1, 0.15) is 45.4 Å². The van der Waals surface area contributed by atoms with Gasteiger partial charge in [-0.05, 0) is 51.4 Å². The first-order valence-corrected chi connectivity index (χ1v) is 8.67. The van der Waals surface area contributed by atoms with E-state index in [0.717, 1.165) is 12.3 Å². The molecule has 1 aliphatic heterocycles. The molecular formula is C17H23N5O2. The van der Waals surface area contributed by atoms with E-state index in [1.54, 1.807) is 0 Å². The zero-order valence-corrected chi connectivity index (χ0v) is 14.2. The average molecular weight is 329 g/mol. The Balaban J connectivity index is 1.52. The molecule has 1 amide bonds. The average Bonchev–Trinajstić information content (AvgIpc) is 3.20.